The Labute approximate surface area is 99.5 Å². The van der Waals surface area contributed by atoms with Gasteiger partial charge >= 0.3 is 0 Å². The van der Waals surface area contributed by atoms with Crippen molar-refractivity contribution >= 4 is 0 Å². The summed E-state index contributed by atoms with van der Waals surface area (Å²) in [5.74, 6) is 0. The largest absolute Gasteiger partial charge is 0.318 e. The lowest BCUT2D eigenvalue weighted by molar-refractivity contribution is 0.378. The van der Waals surface area contributed by atoms with Crippen molar-refractivity contribution in [2.75, 3.05) is 20.1 Å². The molecule has 2 nitrogen and oxygen atoms in total. The second kappa shape index (κ2) is 6.02. The normalized spacial score (nSPS) is 11.8. The number of aryl methyl sites for hydroxylation is 1. The third kappa shape index (κ3) is 4.33. The SMILES string of the molecule is CNCC(C)(C)NCCc1ccccc1C. The van der Waals surface area contributed by atoms with E-state index in [4.69, 9.17) is 0 Å². The minimum absolute atomic E-state index is 0.164. The van der Waals surface area contributed by atoms with E-state index >= 15 is 0 Å². The number of hydrogen-bond donors (Lipinski definition) is 2. The fraction of sp³-hybridized carbons (Fsp3) is 0.571. The van der Waals surface area contributed by atoms with Crippen LogP contribution in [0.3, 0.4) is 0 Å². The summed E-state index contributed by atoms with van der Waals surface area (Å²) in [6.07, 6.45) is 1.10. The molecule has 0 bridgehead atoms. The van der Waals surface area contributed by atoms with Crippen LogP contribution in [-0.4, -0.2) is 25.7 Å². The van der Waals surface area contributed by atoms with Gasteiger partial charge in [0.25, 0.3) is 0 Å². The van der Waals surface area contributed by atoms with Gasteiger partial charge in [-0.2, -0.15) is 0 Å². The smallest absolute Gasteiger partial charge is 0.0249 e. The van der Waals surface area contributed by atoms with Gasteiger partial charge in [-0.25, -0.2) is 0 Å². The Balaban J connectivity index is 2.39. The van der Waals surface area contributed by atoms with Gasteiger partial charge in [0.2, 0.25) is 0 Å². The van der Waals surface area contributed by atoms with Crippen LogP contribution in [0.25, 0.3) is 0 Å². The Kier molecular flexibility index (Phi) is 4.97. The molecule has 90 valence electrons. The highest BCUT2D eigenvalue weighted by Crippen LogP contribution is 2.08. The van der Waals surface area contributed by atoms with Crippen molar-refractivity contribution in [3.05, 3.63) is 35.4 Å². The Hall–Kier alpha value is -0.860. The molecule has 1 aromatic carbocycles. The van der Waals surface area contributed by atoms with Gasteiger partial charge < -0.3 is 10.6 Å². The standard InChI is InChI=1S/C14H24N2/c1-12-7-5-6-8-13(12)9-10-16-14(2,3)11-15-4/h5-8,15-16H,9-11H2,1-4H3. The number of benzene rings is 1. The highest BCUT2D eigenvalue weighted by molar-refractivity contribution is 5.25. The Bertz CT molecular complexity index is 318. The average Bonchev–Trinajstić information content (AvgIpc) is 2.20. The van der Waals surface area contributed by atoms with E-state index in [1.54, 1.807) is 0 Å². The zero-order chi connectivity index (χ0) is 12.0. The van der Waals surface area contributed by atoms with Gasteiger partial charge in [-0.15, -0.1) is 0 Å². The van der Waals surface area contributed by atoms with Gasteiger partial charge in [0.05, 0.1) is 0 Å². The first kappa shape index (κ1) is 13.2. The molecule has 0 radical (unpaired) electrons. The van der Waals surface area contributed by atoms with Crippen LogP contribution in [0.5, 0.6) is 0 Å². The van der Waals surface area contributed by atoms with Crippen LogP contribution in [0, 0.1) is 6.92 Å². The van der Waals surface area contributed by atoms with E-state index < -0.39 is 0 Å². The lowest BCUT2D eigenvalue weighted by atomic mass is 10.0. The molecule has 0 aliphatic heterocycles. The minimum atomic E-state index is 0.164. The predicted octanol–water partition coefficient (Wildman–Crippen LogP) is 2.13. The van der Waals surface area contributed by atoms with Crippen molar-refractivity contribution in [1.29, 1.82) is 0 Å². The molecule has 0 unspecified atom stereocenters. The highest BCUT2D eigenvalue weighted by atomic mass is 15.0. The molecule has 2 heteroatoms. The average molecular weight is 220 g/mol. The van der Waals surface area contributed by atoms with Crippen molar-refractivity contribution in [3.63, 3.8) is 0 Å². The highest BCUT2D eigenvalue weighted by Gasteiger charge is 2.14. The van der Waals surface area contributed by atoms with Gasteiger partial charge in [-0.3, -0.25) is 0 Å². The van der Waals surface area contributed by atoms with Gasteiger partial charge in [0.15, 0.2) is 0 Å². The molecule has 16 heavy (non-hydrogen) atoms. The molecule has 1 aromatic rings. The van der Waals surface area contributed by atoms with E-state index in [-0.39, 0.29) is 5.54 Å². The van der Waals surface area contributed by atoms with Crippen molar-refractivity contribution in [2.45, 2.75) is 32.7 Å². The zero-order valence-electron chi connectivity index (χ0n) is 10.9. The summed E-state index contributed by atoms with van der Waals surface area (Å²) in [6.45, 7) is 8.64. The molecule has 0 spiro atoms. The predicted molar refractivity (Wildman–Crippen MR) is 70.9 cm³/mol. The lowest BCUT2D eigenvalue weighted by Gasteiger charge is -2.26. The Morgan fingerprint density at radius 2 is 1.88 bits per heavy atom. The van der Waals surface area contributed by atoms with Crippen LogP contribution in [0.2, 0.25) is 0 Å². The molecule has 0 amide bonds. The molecule has 0 heterocycles. The van der Waals surface area contributed by atoms with Crippen LogP contribution in [0.4, 0.5) is 0 Å². The molecule has 2 N–H and O–H groups in total. The molecule has 0 saturated heterocycles. The number of rotatable bonds is 6. The molecular weight excluding hydrogens is 196 g/mol. The summed E-state index contributed by atoms with van der Waals surface area (Å²) in [7, 11) is 1.99. The minimum Gasteiger partial charge on any atom is -0.318 e. The molecule has 0 saturated carbocycles. The second-order valence-corrected chi connectivity index (χ2v) is 5.02. The summed E-state index contributed by atoms with van der Waals surface area (Å²) in [5.41, 5.74) is 2.99. The maximum Gasteiger partial charge on any atom is 0.0249 e. The van der Waals surface area contributed by atoms with Gasteiger partial charge in [-0.1, -0.05) is 24.3 Å². The van der Waals surface area contributed by atoms with E-state index in [1.165, 1.54) is 11.1 Å². The molecule has 0 atom stereocenters. The summed E-state index contributed by atoms with van der Waals surface area (Å²) in [4.78, 5) is 0. The third-order valence-electron chi connectivity index (χ3n) is 2.88. The van der Waals surface area contributed by atoms with Crippen molar-refractivity contribution in [2.24, 2.45) is 0 Å². The summed E-state index contributed by atoms with van der Waals surface area (Å²) >= 11 is 0. The van der Waals surface area contributed by atoms with Gasteiger partial charge in [-0.05, 0) is 51.9 Å². The number of nitrogens with one attached hydrogen (secondary N) is 2. The van der Waals surface area contributed by atoms with Crippen LogP contribution in [0.1, 0.15) is 25.0 Å². The maximum absolute atomic E-state index is 3.57. The first-order chi connectivity index (χ1) is 7.55. The quantitative estimate of drug-likeness (QED) is 0.767. The third-order valence-corrected chi connectivity index (χ3v) is 2.88. The van der Waals surface area contributed by atoms with Crippen LogP contribution in [-0.2, 0) is 6.42 Å². The van der Waals surface area contributed by atoms with Gasteiger partial charge in [0, 0.05) is 12.1 Å². The Morgan fingerprint density at radius 3 is 2.50 bits per heavy atom. The van der Waals surface area contributed by atoms with Gasteiger partial charge in [0.1, 0.15) is 0 Å². The van der Waals surface area contributed by atoms with E-state index in [2.05, 4.69) is 55.7 Å². The summed E-state index contributed by atoms with van der Waals surface area (Å²) in [6, 6.07) is 8.59. The van der Waals surface area contributed by atoms with E-state index in [0.717, 1.165) is 19.5 Å². The van der Waals surface area contributed by atoms with Crippen molar-refractivity contribution in [1.82, 2.24) is 10.6 Å². The number of likely N-dealkylation sites (N-methyl/N-ethyl adjacent to an activating group) is 1. The maximum atomic E-state index is 3.57. The Morgan fingerprint density at radius 1 is 1.19 bits per heavy atom. The molecular formula is C14H24N2. The fourth-order valence-electron chi connectivity index (χ4n) is 1.93. The van der Waals surface area contributed by atoms with Crippen molar-refractivity contribution < 1.29 is 0 Å². The molecule has 0 fully saturated rings. The first-order valence-corrected chi connectivity index (χ1v) is 5.99. The van der Waals surface area contributed by atoms with Crippen LogP contribution < -0.4 is 10.6 Å². The molecule has 1 rings (SSSR count). The molecule has 0 aliphatic rings. The van der Waals surface area contributed by atoms with Crippen LogP contribution in [0.15, 0.2) is 24.3 Å². The molecule has 0 aromatic heterocycles. The topological polar surface area (TPSA) is 24.1 Å². The molecule has 0 aliphatic carbocycles. The number of hydrogen-bond acceptors (Lipinski definition) is 2. The van der Waals surface area contributed by atoms with Crippen molar-refractivity contribution in [3.8, 4) is 0 Å². The fourth-order valence-corrected chi connectivity index (χ4v) is 1.93. The monoisotopic (exact) mass is 220 g/mol. The van der Waals surface area contributed by atoms with E-state index in [0.29, 0.717) is 0 Å². The summed E-state index contributed by atoms with van der Waals surface area (Å²) < 4.78 is 0. The summed E-state index contributed by atoms with van der Waals surface area (Å²) in [5, 5.41) is 6.78. The zero-order valence-corrected chi connectivity index (χ0v) is 10.9. The van der Waals surface area contributed by atoms with E-state index in [9.17, 15) is 0 Å². The van der Waals surface area contributed by atoms with Crippen LogP contribution >= 0.6 is 0 Å². The van der Waals surface area contributed by atoms with E-state index in [1.807, 2.05) is 7.05 Å². The second-order valence-electron chi connectivity index (χ2n) is 5.02. The first-order valence-electron chi connectivity index (χ1n) is 5.99. The lowest BCUT2D eigenvalue weighted by Crippen LogP contribution is -2.47.